The number of para-hydroxylation sites is 2. The third-order valence-corrected chi connectivity index (χ3v) is 4.89. The second-order valence-electron chi connectivity index (χ2n) is 8.34. The van der Waals surface area contributed by atoms with E-state index in [1.165, 1.54) is 0 Å². The van der Waals surface area contributed by atoms with E-state index in [4.69, 9.17) is 9.72 Å². The van der Waals surface area contributed by atoms with Crippen LogP contribution < -0.4 is 10.2 Å². The maximum Gasteiger partial charge on any atom is 0.410 e. The predicted molar refractivity (Wildman–Crippen MR) is 113 cm³/mol. The number of aromatic nitrogens is 2. The van der Waals surface area contributed by atoms with Crippen LogP contribution in [0, 0.1) is 0 Å². The second kappa shape index (κ2) is 8.20. The maximum atomic E-state index is 12.7. The highest BCUT2D eigenvalue weighted by atomic mass is 16.6. The molecule has 7 heteroatoms. The molecule has 3 rings (SSSR count). The molecule has 1 N–H and O–H groups in total. The summed E-state index contributed by atoms with van der Waals surface area (Å²) in [7, 11) is 3.85. The standard InChI is InChI=1S/C21H31N5O2/c1-21(2,3)28-20(27)26-13-9-8-10-15(26)14-25(5)19-18(22-4)23-16-11-6-7-12-17(16)24-19/h6-7,11-12,15H,8-10,13-14H2,1-5H3,(H,22,23). The minimum atomic E-state index is -0.492. The van der Waals surface area contributed by atoms with Gasteiger partial charge < -0.3 is 19.9 Å². The van der Waals surface area contributed by atoms with E-state index in [-0.39, 0.29) is 12.1 Å². The van der Waals surface area contributed by atoms with Crippen LogP contribution in [-0.4, -0.2) is 59.8 Å². The molecule has 1 amide bonds. The van der Waals surface area contributed by atoms with E-state index in [1.807, 2.05) is 64.0 Å². The molecule has 0 saturated carbocycles. The van der Waals surface area contributed by atoms with Crippen molar-refractivity contribution >= 4 is 28.8 Å². The van der Waals surface area contributed by atoms with Crippen LogP contribution in [0.25, 0.3) is 11.0 Å². The first-order chi connectivity index (χ1) is 13.3. The molecule has 1 fully saturated rings. The van der Waals surface area contributed by atoms with E-state index in [0.29, 0.717) is 6.54 Å². The van der Waals surface area contributed by atoms with Crippen LogP contribution in [0.15, 0.2) is 24.3 Å². The molecule has 7 nitrogen and oxygen atoms in total. The number of benzene rings is 1. The highest BCUT2D eigenvalue weighted by Crippen LogP contribution is 2.26. The van der Waals surface area contributed by atoms with Gasteiger partial charge in [0, 0.05) is 27.2 Å². The van der Waals surface area contributed by atoms with E-state index in [0.717, 1.165) is 48.5 Å². The lowest BCUT2D eigenvalue weighted by Gasteiger charge is -2.38. The monoisotopic (exact) mass is 385 g/mol. The van der Waals surface area contributed by atoms with Crippen molar-refractivity contribution in [2.24, 2.45) is 0 Å². The van der Waals surface area contributed by atoms with Gasteiger partial charge in [-0.1, -0.05) is 12.1 Å². The van der Waals surface area contributed by atoms with Crippen molar-refractivity contribution in [3.63, 3.8) is 0 Å². The van der Waals surface area contributed by atoms with Crippen LogP contribution in [0.4, 0.5) is 16.4 Å². The Bertz CT molecular complexity index is 833. The van der Waals surface area contributed by atoms with Crippen molar-refractivity contribution in [1.82, 2.24) is 14.9 Å². The Labute approximate surface area is 167 Å². The summed E-state index contributed by atoms with van der Waals surface area (Å²) in [6.45, 7) is 7.12. The fraction of sp³-hybridized carbons (Fsp3) is 0.571. The number of piperidine rings is 1. The molecule has 1 aliphatic rings. The quantitative estimate of drug-likeness (QED) is 0.861. The summed E-state index contributed by atoms with van der Waals surface area (Å²) in [5, 5.41) is 3.15. The van der Waals surface area contributed by atoms with Gasteiger partial charge in [0.1, 0.15) is 5.60 Å². The smallest absolute Gasteiger partial charge is 0.410 e. The zero-order valence-electron chi connectivity index (χ0n) is 17.5. The molecule has 1 saturated heterocycles. The predicted octanol–water partition coefficient (Wildman–Crippen LogP) is 3.90. The zero-order valence-corrected chi connectivity index (χ0v) is 17.5. The van der Waals surface area contributed by atoms with Gasteiger partial charge in [0.05, 0.1) is 17.1 Å². The SMILES string of the molecule is CNc1nc2ccccc2nc1N(C)CC1CCCCN1C(=O)OC(C)(C)C. The average molecular weight is 386 g/mol. The first kappa shape index (κ1) is 20.2. The van der Waals surface area contributed by atoms with E-state index in [1.54, 1.807) is 0 Å². The summed E-state index contributed by atoms with van der Waals surface area (Å²) >= 11 is 0. The van der Waals surface area contributed by atoms with Crippen LogP contribution in [0.1, 0.15) is 40.0 Å². The Morgan fingerprint density at radius 3 is 2.57 bits per heavy atom. The fourth-order valence-corrected chi connectivity index (χ4v) is 3.58. The lowest BCUT2D eigenvalue weighted by atomic mass is 10.0. The number of hydrogen-bond acceptors (Lipinski definition) is 6. The lowest BCUT2D eigenvalue weighted by molar-refractivity contribution is 0.0108. The number of ether oxygens (including phenoxy) is 1. The summed E-state index contributed by atoms with van der Waals surface area (Å²) in [6.07, 6.45) is 2.85. The first-order valence-corrected chi connectivity index (χ1v) is 9.94. The summed E-state index contributed by atoms with van der Waals surface area (Å²) in [4.78, 5) is 26.1. The van der Waals surface area contributed by atoms with Gasteiger partial charge in [0.15, 0.2) is 11.6 Å². The Morgan fingerprint density at radius 2 is 1.93 bits per heavy atom. The summed E-state index contributed by atoms with van der Waals surface area (Å²) in [5.74, 6) is 1.52. The fourth-order valence-electron chi connectivity index (χ4n) is 3.58. The van der Waals surface area contributed by atoms with Gasteiger partial charge in [-0.3, -0.25) is 0 Å². The molecule has 1 aliphatic heterocycles. The van der Waals surface area contributed by atoms with Crippen molar-refractivity contribution in [2.75, 3.05) is 37.4 Å². The molecule has 1 aromatic heterocycles. The molecule has 0 bridgehead atoms. The Morgan fingerprint density at radius 1 is 1.25 bits per heavy atom. The molecule has 1 aromatic carbocycles. The Hall–Kier alpha value is -2.57. The maximum absolute atomic E-state index is 12.7. The molecule has 2 heterocycles. The minimum Gasteiger partial charge on any atom is -0.444 e. The number of likely N-dealkylation sites (tertiary alicyclic amines) is 1. The third kappa shape index (κ3) is 4.64. The largest absolute Gasteiger partial charge is 0.444 e. The van der Waals surface area contributed by atoms with E-state index in [2.05, 4.69) is 15.2 Å². The van der Waals surface area contributed by atoms with Crippen molar-refractivity contribution in [1.29, 1.82) is 0 Å². The molecule has 0 spiro atoms. The van der Waals surface area contributed by atoms with Gasteiger partial charge in [-0.15, -0.1) is 0 Å². The molecule has 28 heavy (non-hydrogen) atoms. The number of carbonyl (C=O) groups excluding carboxylic acids is 1. The highest BCUT2D eigenvalue weighted by molar-refractivity contribution is 5.80. The van der Waals surface area contributed by atoms with Crippen LogP contribution >= 0.6 is 0 Å². The second-order valence-corrected chi connectivity index (χ2v) is 8.34. The van der Waals surface area contributed by atoms with Crippen molar-refractivity contribution in [3.8, 4) is 0 Å². The summed E-state index contributed by atoms with van der Waals surface area (Å²) < 4.78 is 5.63. The number of anilines is 2. The van der Waals surface area contributed by atoms with Crippen LogP contribution in [0.5, 0.6) is 0 Å². The van der Waals surface area contributed by atoms with Crippen LogP contribution in [-0.2, 0) is 4.74 Å². The number of nitrogens with zero attached hydrogens (tertiary/aromatic N) is 4. The number of fused-ring (bicyclic) bond motifs is 1. The highest BCUT2D eigenvalue weighted by Gasteiger charge is 2.31. The summed E-state index contributed by atoms with van der Waals surface area (Å²) in [6, 6.07) is 7.93. The number of carbonyl (C=O) groups is 1. The molecule has 0 aliphatic carbocycles. The number of nitrogens with one attached hydrogen (secondary N) is 1. The zero-order chi connectivity index (χ0) is 20.3. The van der Waals surface area contributed by atoms with Gasteiger partial charge in [-0.2, -0.15) is 0 Å². The van der Waals surface area contributed by atoms with E-state index < -0.39 is 5.60 Å². The van der Waals surface area contributed by atoms with Crippen molar-refractivity contribution in [3.05, 3.63) is 24.3 Å². The van der Waals surface area contributed by atoms with Crippen molar-refractivity contribution < 1.29 is 9.53 Å². The number of amides is 1. The average Bonchev–Trinajstić information content (AvgIpc) is 2.65. The van der Waals surface area contributed by atoms with Gasteiger partial charge in [0.25, 0.3) is 0 Å². The summed E-state index contributed by atoms with van der Waals surface area (Å²) in [5.41, 5.74) is 1.22. The number of rotatable bonds is 4. The normalized spacial score (nSPS) is 17.5. The Kier molecular flexibility index (Phi) is 5.91. The molecular weight excluding hydrogens is 354 g/mol. The van der Waals surface area contributed by atoms with Gasteiger partial charge in [-0.05, 0) is 52.2 Å². The number of hydrogen-bond donors (Lipinski definition) is 1. The minimum absolute atomic E-state index is 0.0894. The van der Waals surface area contributed by atoms with E-state index >= 15 is 0 Å². The molecule has 1 atom stereocenters. The number of likely N-dealkylation sites (N-methyl/N-ethyl adjacent to an activating group) is 1. The molecule has 152 valence electrons. The van der Waals surface area contributed by atoms with Gasteiger partial charge >= 0.3 is 6.09 Å². The first-order valence-electron chi connectivity index (χ1n) is 9.94. The molecule has 0 radical (unpaired) electrons. The molecule has 2 aromatic rings. The van der Waals surface area contributed by atoms with Crippen molar-refractivity contribution in [2.45, 2.75) is 51.7 Å². The van der Waals surface area contributed by atoms with Gasteiger partial charge in [0.2, 0.25) is 0 Å². The van der Waals surface area contributed by atoms with E-state index in [9.17, 15) is 4.79 Å². The molecule has 1 unspecified atom stereocenters. The van der Waals surface area contributed by atoms with Crippen LogP contribution in [0.2, 0.25) is 0 Å². The Balaban J connectivity index is 1.81. The third-order valence-electron chi connectivity index (χ3n) is 4.89. The lowest BCUT2D eigenvalue weighted by Crippen LogP contribution is -2.50. The topological polar surface area (TPSA) is 70.6 Å². The van der Waals surface area contributed by atoms with Crippen LogP contribution in [0.3, 0.4) is 0 Å². The van der Waals surface area contributed by atoms with Gasteiger partial charge in [-0.25, -0.2) is 14.8 Å². The molecular formula is C21H31N5O2.